The van der Waals surface area contributed by atoms with E-state index in [1.54, 1.807) is 13.1 Å². The smallest absolute Gasteiger partial charge is 0.252 e. The van der Waals surface area contributed by atoms with Gasteiger partial charge in [0.25, 0.3) is 10.0 Å². The zero-order valence-corrected chi connectivity index (χ0v) is 13.8. The molecule has 1 aliphatic rings. The molecule has 0 saturated carbocycles. The molecule has 1 N–H and O–H groups in total. The van der Waals surface area contributed by atoms with Crippen molar-refractivity contribution in [1.29, 1.82) is 0 Å². The van der Waals surface area contributed by atoms with Gasteiger partial charge in [-0.15, -0.1) is 11.3 Å². The van der Waals surface area contributed by atoms with Gasteiger partial charge in [-0.25, -0.2) is 8.42 Å². The van der Waals surface area contributed by atoms with Crippen LogP contribution in [0.5, 0.6) is 0 Å². The quantitative estimate of drug-likeness (QED) is 0.884. The van der Waals surface area contributed by atoms with Gasteiger partial charge in [0.05, 0.1) is 6.61 Å². The molecule has 1 fully saturated rings. The van der Waals surface area contributed by atoms with Crippen molar-refractivity contribution in [2.75, 3.05) is 33.7 Å². The number of nitrogens with zero attached hydrogens (tertiary/aromatic N) is 2. The Morgan fingerprint density at radius 1 is 1.55 bits per heavy atom. The molecule has 0 bridgehead atoms. The van der Waals surface area contributed by atoms with Crippen LogP contribution in [-0.2, 0) is 16.6 Å². The summed E-state index contributed by atoms with van der Waals surface area (Å²) in [7, 11) is 0.267. The molecule has 1 aliphatic heterocycles. The normalized spacial score (nSPS) is 20.9. The Hall–Kier alpha value is -0.470. The maximum atomic E-state index is 12.5. The van der Waals surface area contributed by atoms with Crippen LogP contribution in [0.3, 0.4) is 0 Å². The van der Waals surface area contributed by atoms with E-state index in [9.17, 15) is 13.5 Å². The van der Waals surface area contributed by atoms with Crippen LogP contribution in [0, 0.1) is 12.8 Å². The zero-order chi connectivity index (χ0) is 14.9. The van der Waals surface area contributed by atoms with Gasteiger partial charge in [-0.2, -0.15) is 4.31 Å². The highest BCUT2D eigenvalue weighted by Gasteiger charge is 2.28. The molecule has 0 radical (unpaired) electrons. The fourth-order valence-corrected chi connectivity index (χ4v) is 5.47. The Morgan fingerprint density at radius 3 is 2.75 bits per heavy atom. The summed E-state index contributed by atoms with van der Waals surface area (Å²) in [5, 5.41) is 9.19. The van der Waals surface area contributed by atoms with Gasteiger partial charge in [-0.05, 0) is 44.5 Å². The first-order valence-corrected chi connectivity index (χ1v) is 8.95. The van der Waals surface area contributed by atoms with Gasteiger partial charge in [0.2, 0.25) is 0 Å². The van der Waals surface area contributed by atoms with E-state index in [0.717, 1.165) is 41.3 Å². The lowest BCUT2D eigenvalue weighted by atomic mass is 10.1. The van der Waals surface area contributed by atoms with Crippen LogP contribution in [0.2, 0.25) is 0 Å². The standard InChI is InChI=1S/C13H22N2O3S2/c1-10-6-13(19-12(10)9-16)20(17,18)15(3)8-11-4-5-14(2)7-11/h6,11,16H,4-5,7-9H2,1-3H3. The van der Waals surface area contributed by atoms with Crippen molar-refractivity contribution in [2.24, 2.45) is 5.92 Å². The molecular formula is C13H22N2O3S2. The van der Waals surface area contributed by atoms with E-state index in [1.807, 2.05) is 6.92 Å². The molecule has 0 aliphatic carbocycles. The van der Waals surface area contributed by atoms with Crippen molar-refractivity contribution in [3.8, 4) is 0 Å². The molecule has 1 atom stereocenters. The van der Waals surface area contributed by atoms with Gasteiger partial charge in [-0.3, -0.25) is 0 Å². The third-order valence-electron chi connectivity index (χ3n) is 3.81. The van der Waals surface area contributed by atoms with Crippen LogP contribution >= 0.6 is 11.3 Å². The molecule has 5 nitrogen and oxygen atoms in total. The summed E-state index contributed by atoms with van der Waals surface area (Å²) in [5.41, 5.74) is 0.838. The molecule has 0 amide bonds. The van der Waals surface area contributed by atoms with Crippen molar-refractivity contribution in [2.45, 2.75) is 24.2 Å². The largest absolute Gasteiger partial charge is 0.391 e. The van der Waals surface area contributed by atoms with Gasteiger partial charge in [0, 0.05) is 25.0 Å². The molecule has 1 aromatic rings. The van der Waals surface area contributed by atoms with E-state index in [2.05, 4.69) is 11.9 Å². The number of sulfonamides is 1. The summed E-state index contributed by atoms with van der Waals surface area (Å²) >= 11 is 1.16. The van der Waals surface area contributed by atoms with Crippen LogP contribution in [0.4, 0.5) is 0 Å². The summed E-state index contributed by atoms with van der Waals surface area (Å²) in [5.74, 6) is 0.401. The monoisotopic (exact) mass is 318 g/mol. The predicted octanol–water partition coefficient (Wildman–Crippen LogP) is 1.12. The Kier molecular flexibility index (Phi) is 4.86. The van der Waals surface area contributed by atoms with Crippen LogP contribution in [0.15, 0.2) is 10.3 Å². The first kappa shape index (κ1) is 15.9. The molecule has 1 saturated heterocycles. The molecule has 1 aromatic heterocycles. The molecule has 1 unspecified atom stereocenters. The topological polar surface area (TPSA) is 60.9 Å². The molecule has 114 valence electrons. The minimum atomic E-state index is -3.43. The second-order valence-corrected chi connectivity index (χ2v) is 8.94. The second kappa shape index (κ2) is 6.11. The summed E-state index contributed by atoms with van der Waals surface area (Å²) in [6, 6.07) is 1.66. The lowest BCUT2D eigenvalue weighted by Crippen LogP contribution is -2.32. The summed E-state index contributed by atoms with van der Waals surface area (Å²) < 4.78 is 26.8. The van der Waals surface area contributed by atoms with E-state index in [4.69, 9.17) is 0 Å². The van der Waals surface area contributed by atoms with E-state index >= 15 is 0 Å². The highest BCUT2D eigenvalue weighted by molar-refractivity contribution is 7.91. The van der Waals surface area contributed by atoms with Gasteiger partial charge in [0.1, 0.15) is 4.21 Å². The molecule has 2 heterocycles. The van der Waals surface area contributed by atoms with Crippen molar-refractivity contribution in [3.05, 3.63) is 16.5 Å². The maximum Gasteiger partial charge on any atom is 0.252 e. The molecular weight excluding hydrogens is 296 g/mol. The fourth-order valence-electron chi connectivity index (χ4n) is 2.56. The van der Waals surface area contributed by atoms with Crippen molar-refractivity contribution >= 4 is 21.4 Å². The van der Waals surface area contributed by atoms with Gasteiger partial charge in [0.15, 0.2) is 0 Å². The minimum Gasteiger partial charge on any atom is -0.391 e. The van der Waals surface area contributed by atoms with Gasteiger partial charge >= 0.3 is 0 Å². The highest BCUT2D eigenvalue weighted by Crippen LogP contribution is 2.29. The number of rotatable bonds is 5. The number of hydrogen-bond donors (Lipinski definition) is 1. The van der Waals surface area contributed by atoms with Crippen LogP contribution < -0.4 is 0 Å². The van der Waals surface area contributed by atoms with Crippen LogP contribution in [-0.4, -0.2) is 56.5 Å². The van der Waals surface area contributed by atoms with Crippen LogP contribution in [0.1, 0.15) is 16.9 Å². The summed E-state index contributed by atoms with van der Waals surface area (Å²) in [4.78, 5) is 2.95. The molecule has 2 rings (SSSR count). The van der Waals surface area contributed by atoms with Crippen molar-refractivity contribution < 1.29 is 13.5 Å². The maximum absolute atomic E-state index is 12.5. The Morgan fingerprint density at radius 2 is 2.25 bits per heavy atom. The number of aliphatic hydroxyl groups is 1. The van der Waals surface area contributed by atoms with Crippen LogP contribution in [0.25, 0.3) is 0 Å². The van der Waals surface area contributed by atoms with Gasteiger partial charge in [-0.1, -0.05) is 0 Å². The molecule has 20 heavy (non-hydrogen) atoms. The molecule has 0 spiro atoms. The van der Waals surface area contributed by atoms with E-state index in [1.165, 1.54) is 4.31 Å². The molecule has 7 heteroatoms. The summed E-state index contributed by atoms with van der Waals surface area (Å²) in [6.07, 6.45) is 1.04. The number of aliphatic hydroxyl groups excluding tert-OH is 1. The van der Waals surface area contributed by atoms with Gasteiger partial charge < -0.3 is 10.0 Å². The Bertz CT molecular complexity index is 568. The number of hydrogen-bond acceptors (Lipinski definition) is 5. The average Bonchev–Trinajstić information content (AvgIpc) is 2.95. The number of thiophene rings is 1. The Labute approximate surface area is 124 Å². The number of likely N-dealkylation sites (tertiary alicyclic amines) is 1. The second-order valence-electron chi connectivity index (χ2n) is 5.53. The van der Waals surface area contributed by atoms with Crippen molar-refractivity contribution in [1.82, 2.24) is 9.21 Å². The van der Waals surface area contributed by atoms with E-state index < -0.39 is 10.0 Å². The van der Waals surface area contributed by atoms with Crippen molar-refractivity contribution in [3.63, 3.8) is 0 Å². The number of aryl methyl sites for hydroxylation is 1. The third kappa shape index (κ3) is 3.23. The minimum absolute atomic E-state index is 0.108. The fraction of sp³-hybridized carbons (Fsp3) is 0.692. The lowest BCUT2D eigenvalue weighted by Gasteiger charge is -2.20. The SMILES string of the molecule is Cc1cc(S(=O)(=O)N(C)CC2CCN(C)C2)sc1CO. The van der Waals surface area contributed by atoms with E-state index in [-0.39, 0.29) is 6.61 Å². The average molecular weight is 318 g/mol. The predicted molar refractivity (Wildman–Crippen MR) is 80.4 cm³/mol. The highest BCUT2D eigenvalue weighted by atomic mass is 32.2. The zero-order valence-electron chi connectivity index (χ0n) is 12.2. The summed E-state index contributed by atoms with van der Waals surface area (Å²) in [6.45, 7) is 4.25. The Balaban J connectivity index is 2.12. The lowest BCUT2D eigenvalue weighted by molar-refractivity contribution is 0.285. The van der Waals surface area contributed by atoms with E-state index in [0.29, 0.717) is 16.7 Å². The third-order valence-corrected chi connectivity index (χ3v) is 7.30. The first-order chi connectivity index (χ1) is 9.34. The first-order valence-electron chi connectivity index (χ1n) is 6.69. The molecule has 0 aromatic carbocycles.